The van der Waals surface area contributed by atoms with Crippen LogP contribution < -0.4 is 4.74 Å². The molecule has 0 bridgehead atoms. The van der Waals surface area contributed by atoms with Gasteiger partial charge in [0.25, 0.3) is 0 Å². The van der Waals surface area contributed by atoms with E-state index in [0.717, 1.165) is 34.1 Å². The molecular formula is C49H48O8. The Labute approximate surface area is 334 Å². The van der Waals surface area contributed by atoms with Gasteiger partial charge in [0.05, 0.1) is 38.6 Å². The van der Waals surface area contributed by atoms with Gasteiger partial charge in [0, 0.05) is 5.56 Å². The SMILES string of the molecule is Cc1cc(OCc2ccccc2)c(C2(OCc3ccccc3)O[C@H](CO)[C@@H](OCc3ccccc3)[C@H](OCc3ccccc3)[C@H]2OCc2ccccc2)cc1C=O. The summed E-state index contributed by atoms with van der Waals surface area (Å²) >= 11 is 0. The standard InChI is InChI=1S/C49H48O8/c1-36-27-44(52-31-37-17-7-2-8-18-37)43(28-42(36)29-50)49(56-35-41-25-15-6-16-26-41)48(55-34-40-23-13-5-14-24-40)47(54-33-39-21-11-4-12-22-39)46(45(30-51)57-49)53-32-38-19-9-3-10-20-38/h2-29,45-48,51H,30-35H2,1H3/t45-,46-,47+,48-,49?/m1/s1. The smallest absolute Gasteiger partial charge is 0.229 e. The topological polar surface area (TPSA) is 92.7 Å². The van der Waals surface area contributed by atoms with Crippen LogP contribution in [-0.2, 0) is 62.5 Å². The van der Waals surface area contributed by atoms with Crippen molar-refractivity contribution in [2.24, 2.45) is 0 Å². The van der Waals surface area contributed by atoms with Crippen LogP contribution in [0.25, 0.3) is 0 Å². The summed E-state index contributed by atoms with van der Waals surface area (Å²) < 4.78 is 41.6. The van der Waals surface area contributed by atoms with E-state index < -0.39 is 36.8 Å². The molecule has 6 aromatic carbocycles. The van der Waals surface area contributed by atoms with Crippen molar-refractivity contribution in [1.29, 1.82) is 0 Å². The quantitative estimate of drug-likeness (QED) is 0.0869. The number of carbonyl (C=O) groups excluding carboxylic acids is 1. The lowest BCUT2D eigenvalue weighted by Crippen LogP contribution is -2.66. The second kappa shape index (κ2) is 19.6. The van der Waals surface area contributed by atoms with E-state index in [-0.39, 0.29) is 33.0 Å². The van der Waals surface area contributed by atoms with E-state index in [9.17, 15) is 9.90 Å². The Kier molecular flexibility index (Phi) is 13.7. The second-order valence-corrected chi connectivity index (χ2v) is 14.1. The second-order valence-electron chi connectivity index (χ2n) is 14.1. The normalized spacial score (nSPS) is 20.5. The summed E-state index contributed by atoms with van der Waals surface area (Å²) in [5.41, 5.74) is 6.19. The molecule has 0 radical (unpaired) electrons. The summed E-state index contributed by atoms with van der Waals surface area (Å²) in [6, 6.07) is 52.7. The molecule has 1 aliphatic rings. The average Bonchev–Trinajstić information content (AvgIpc) is 3.27. The third-order valence-electron chi connectivity index (χ3n) is 10.1. The van der Waals surface area contributed by atoms with Gasteiger partial charge in [-0.15, -0.1) is 0 Å². The van der Waals surface area contributed by atoms with E-state index in [4.69, 9.17) is 28.4 Å². The zero-order chi connectivity index (χ0) is 39.3. The van der Waals surface area contributed by atoms with E-state index in [1.165, 1.54) is 0 Å². The molecule has 1 N–H and O–H groups in total. The fourth-order valence-electron chi connectivity index (χ4n) is 7.11. The van der Waals surface area contributed by atoms with Crippen LogP contribution in [0.15, 0.2) is 164 Å². The maximum atomic E-state index is 12.7. The first-order valence-electron chi connectivity index (χ1n) is 19.3. The van der Waals surface area contributed by atoms with Crippen LogP contribution in [0.3, 0.4) is 0 Å². The van der Waals surface area contributed by atoms with Gasteiger partial charge in [-0.3, -0.25) is 4.79 Å². The molecule has 0 spiro atoms. The minimum Gasteiger partial charge on any atom is -0.488 e. The van der Waals surface area contributed by atoms with Crippen molar-refractivity contribution >= 4 is 6.29 Å². The third kappa shape index (κ3) is 9.93. The molecule has 57 heavy (non-hydrogen) atoms. The van der Waals surface area contributed by atoms with Crippen LogP contribution >= 0.6 is 0 Å². The lowest BCUT2D eigenvalue weighted by atomic mass is 9.85. The molecule has 6 aromatic rings. The Balaban J connectivity index is 1.40. The number of aliphatic hydroxyl groups excluding tert-OH is 1. The molecular weight excluding hydrogens is 717 g/mol. The molecule has 1 saturated heterocycles. The molecule has 1 fully saturated rings. The summed E-state index contributed by atoms with van der Waals surface area (Å²) in [4.78, 5) is 12.7. The zero-order valence-electron chi connectivity index (χ0n) is 32.0. The summed E-state index contributed by atoms with van der Waals surface area (Å²) in [7, 11) is 0. The molecule has 7 rings (SSSR count). The molecule has 8 nitrogen and oxygen atoms in total. The summed E-state index contributed by atoms with van der Waals surface area (Å²) in [5, 5.41) is 11.2. The van der Waals surface area contributed by atoms with E-state index in [1.807, 2.05) is 165 Å². The van der Waals surface area contributed by atoms with Crippen molar-refractivity contribution in [3.05, 3.63) is 208 Å². The largest absolute Gasteiger partial charge is 0.488 e. The minimum absolute atomic E-state index is 0.0908. The van der Waals surface area contributed by atoms with Crippen molar-refractivity contribution < 1.29 is 38.3 Å². The van der Waals surface area contributed by atoms with Gasteiger partial charge < -0.3 is 33.5 Å². The van der Waals surface area contributed by atoms with Gasteiger partial charge >= 0.3 is 0 Å². The number of aldehydes is 1. The van der Waals surface area contributed by atoms with Crippen molar-refractivity contribution in [3.8, 4) is 5.75 Å². The number of aliphatic hydroxyl groups is 1. The molecule has 0 amide bonds. The Bertz CT molecular complexity index is 2120. The molecule has 1 aliphatic heterocycles. The number of rotatable bonds is 18. The van der Waals surface area contributed by atoms with Crippen molar-refractivity contribution in [3.63, 3.8) is 0 Å². The van der Waals surface area contributed by atoms with Crippen molar-refractivity contribution in [1.82, 2.24) is 0 Å². The van der Waals surface area contributed by atoms with E-state index >= 15 is 0 Å². The Morgan fingerprint density at radius 1 is 0.579 bits per heavy atom. The number of aryl methyl sites for hydroxylation is 1. The van der Waals surface area contributed by atoms with Crippen LogP contribution in [0.4, 0.5) is 0 Å². The minimum atomic E-state index is -1.80. The molecule has 8 heteroatoms. The summed E-state index contributed by atoms with van der Waals surface area (Å²) in [6.45, 7) is 2.36. The van der Waals surface area contributed by atoms with E-state index in [1.54, 1.807) is 6.07 Å². The molecule has 1 unspecified atom stereocenters. The van der Waals surface area contributed by atoms with Crippen LogP contribution in [-0.4, -0.2) is 42.4 Å². The highest BCUT2D eigenvalue weighted by Crippen LogP contribution is 2.48. The zero-order valence-corrected chi connectivity index (χ0v) is 32.0. The number of carbonyl (C=O) groups is 1. The first-order chi connectivity index (χ1) is 28.1. The van der Waals surface area contributed by atoms with Gasteiger partial charge in [0.1, 0.15) is 43.1 Å². The number of ether oxygens (including phenoxy) is 6. The maximum absolute atomic E-state index is 12.7. The predicted octanol–water partition coefficient (Wildman–Crippen LogP) is 8.90. The third-order valence-corrected chi connectivity index (χ3v) is 10.1. The van der Waals surface area contributed by atoms with Crippen LogP contribution in [0.5, 0.6) is 5.75 Å². The van der Waals surface area contributed by atoms with Gasteiger partial charge in [0.15, 0.2) is 0 Å². The summed E-state index contributed by atoms with van der Waals surface area (Å²) in [6.07, 6.45) is -2.88. The van der Waals surface area contributed by atoms with E-state index in [2.05, 4.69) is 0 Å². The Hall–Kier alpha value is -5.45. The number of hydrogen-bond donors (Lipinski definition) is 1. The monoisotopic (exact) mass is 764 g/mol. The fourth-order valence-corrected chi connectivity index (χ4v) is 7.11. The molecule has 292 valence electrons. The Morgan fingerprint density at radius 3 is 1.49 bits per heavy atom. The highest BCUT2D eigenvalue weighted by atomic mass is 16.7. The van der Waals surface area contributed by atoms with Gasteiger partial charge in [0.2, 0.25) is 5.79 Å². The fraction of sp³-hybridized carbons (Fsp3) is 0.245. The highest BCUT2D eigenvalue weighted by molar-refractivity contribution is 5.78. The number of hydrogen-bond acceptors (Lipinski definition) is 8. The average molecular weight is 765 g/mol. The highest BCUT2D eigenvalue weighted by Gasteiger charge is 2.60. The maximum Gasteiger partial charge on any atom is 0.229 e. The molecule has 5 atom stereocenters. The molecule has 1 heterocycles. The molecule has 0 aromatic heterocycles. The predicted molar refractivity (Wildman–Crippen MR) is 217 cm³/mol. The van der Waals surface area contributed by atoms with Gasteiger partial charge in [-0.05, 0) is 52.4 Å². The summed E-state index contributed by atoms with van der Waals surface area (Å²) in [5.74, 6) is -1.37. The van der Waals surface area contributed by atoms with Gasteiger partial charge in [-0.2, -0.15) is 0 Å². The molecule has 0 aliphatic carbocycles. The van der Waals surface area contributed by atoms with Crippen molar-refractivity contribution in [2.75, 3.05) is 6.61 Å². The van der Waals surface area contributed by atoms with Gasteiger partial charge in [-0.25, -0.2) is 0 Å². The molecule has 0 saturated carbocycles. The van der Waals surface area contributed by atoms with Crippen LogP contribution in [0.2, 0.25) is 0 Å². The van der Waals surface area contributed by atoms with Crippen LogP contribution in [0.1, 0.15) is 49.3 Å². The van der Waals surface area contributed by atoms with Crippen LogP contribution in [0, 0.1) is 6.92 Å². The lowest BCUT2D eigenvalue weighted by molar-refractivity contribution is -0.394. The van der Waals surface area contributed by atoms with Crippen molar-refractivity contribution in [2.45, 2.75) is 70.2 Å². The first kappa shape index (κ1) is 39.8. The Morgan fingerprint density at radius 2 is 1.02 bits per heavy atom. The van der Waals surface area contributed by atoms with E-state index in [0.29, 0.717) is 22.4 Å². The number of benzene rings is 6. The lowest BCUT2D eigenvalue weighted by Gasteiger charge is -2.52. The first-order valence-corrected chi connectivity index (χ1v) is 19.3. The van der Waals surface area contributed by atoms with Gasteiger partial charge in [-0.1, -0.05) is 152 Å².